The molecule has 2 aromatic rings. The lowest BCUT2D eigenvalue weighted by molar-refractivity contribution is 0.354. The van der Waals surface area contributed by atoms with E-state index in [1.54, 1.807) is 20.3 Å². The Hall–Kier alpha value is -1.94. The molecule has 1 N–H and O–H groups in total. The molecule has 0 aliphatic heterocycles. The number of ether oxygens (including phenoxy) is 2. The molecule has 0 spiro atoms. The van der Waals surface area contributed by atoms with Gasteiger partial charge in [0.15, 0.2) is 11.5 Å². The van der Waals surface area contributed by atoms with E-state index in [0.717, 1.165) is 5.56 Å². The molecule has 2 aromatic carbocycles. The average molecular weight is 296 g/mol. The summed E-state index contributed by atoms with van der Waals surface area (Å²) in [5.41, 5.74) is 1.67. The maximum Gasteiger partial charge on any atom is 0.161 e. The van der Waals surface area contributed by atoms with Crippen LogP contribution in [-0.4, -0.2) is 14.2 Å². The van der Waals surface area contributed by atoms with E-state index in [1.165, 1.54) is 12.1 Å². The SMILES string of the molecule is COc1ccc(CNc2ccc(Cl)c(F)c2)cc1OC. The molecule has 2 rings (SSSR count). The van der Waals surface area contributed by atoms with Crippen molar-refractivity contribution in [1.29, 1.82) is 0 Å². The van der Waals surface area contributed by atoms with Crippen LogP contribution in [0.5, 0.6) is 11.5 Å². The van der Waals surface area contributed by atoms with Gasteiger partial charge in [0.2, 0.25) is 0 Å². The quantitative estimate of drug-likeness (QED) is 0.900. The zero-order chi connectivity index (χ0) is 14.5. The Balaban J connectivity index is 2.08. The second-order valence-electron chi connectivity index (χ2n) is 4.17. The van der Waals surface area contributed by atoms with Gasteiger partial charge in [0, 0.05) is 12.2 Å². The van der Waals surface area contributed by atoms with Gasteiger partial charge in [-0.1, -0.05) is 17.7 Å². The smallest absolute Gasteiger partial charge is 0.161 e. The third-order valence-electron chi connectivity index (χ3n) is 2.86. The molecule has 20 heavy (non-hydrogen) atoms. The van der Waals surface area contributed by atoms with Crippen LogP contribution >= 0.6 is 11.6 Å². The van der Waals surface area contributed by atoms with E-state index in [-0.39, 0.29) is 5.02 Å². The molecular weight excluding hydrogens is 281 g/mol. The molecule has 3 nitrogen and oxygen atoms in total. The molecule has 0 aliphatic rings. The van der Waals surface area contributed by atoms with Crippen LogP contribution in [-0.2, 0) is 6.54 Å². The summed E-state index contributed by atoms with van der Waals surface area (Å²) >= 11 is 5.64. The summed E-state index contributed by atoms with van der Waals surface area (Å²) in [5.74, 6) is 0.895. The Morgan fingerprint density at radius 1 is 1.05 bits per heavy atom. The number of benzene rings is 2. The molecule has 0 atom stereocenters. The first kappa shape index (κ1) is 14.5. The second kappa shape index (κ2) is 6.48. The largest absolute Gasteiger partial charge is 0.493 e. The van der Waals surface area contributed by atoms with Crippen molar-refractivity contribution in [1.82, 2.24) is 0 Å². The topological polar surface area (TPSA) is 30.5 Å². The molecule has 0 radical (unpaired) electrons. The predicted molar refractivity (Wildman–Crippen MR) is 78.3 cm³/mol. The first-order chi connectivity index (χ1) is 9.63. The third kappa shape index (κ3) is 3.33. The van der Waals surface area contributed by atoms with Gasteiger partial charge in [-0.05, 0) is 35.9 Å². The number of halogens is 2. The molecule has 106 valence electrons. The summed E-state index contributed by atoms with van der Waals surface area (Å²) in [5, 5.41) is 3.24. The van der Waals surface area contributed by atoms with Crippen molar-refractivity contribution >= 4 is 17.3 Å². The Bertz CT molecular complexity index is 604. The highest BCUT2D eigenvalue weighted by atomic mass is 35.5. The van der Waals surface area contributed by atoms with Crippen LogP contribution in [0, 0.1) is 5.82 Å². The van der Waals surface area contributed by atoms with Gasteiger partial charge in [-0.2, -0.15) is 0 Å². The zero-order valence-corrected chi connectivity index (χ0v) is 12.0. The fourth-order valence-electron chi connectivity index (χ4n) is 1.80. The molecule has 0 saturated heterocycles. The fourth-order valence-corrected chi connectivity index (χ4v) is 1.92. The van der Waals surface area contributed by atoms with Gasteiger partial charge < -0.3 is 14.8 Å². The standard InChI is InChI=1S/C15H15ClFNO2/c1-19-14-6-3-10(7-15(14)20-2)9-18-11-4-5-12(16)13(17)8-11/h3-8,18H,9H2,1-2H3. The maximum atomic E-state index is 13.3. The van der Waals surface area contributed by atoms with Crippen molar-refractivity contribution < 1.29 is 13.9 Å². The lowest BCUT2D eigenvalue weighted by atomic mass is 10.2. The van der Waals surface area contributed by atoms with Crippen molar-refractivity contribution in [2.45, 2.75) is 6.54 Å². The van der Waals surface area contributed by atoms with E-state index in [2.05, 4.69) is 5.32 Å². The van der Waals surface area contributed by atoms with Crippen LogP contribution in [0.1, 0.15) is 5.56 Å². The fraction of sp³-hybridized carbons (Fsp3) is 0.200. The Morgan fingerprint density at radius 3 is 2.45 bits per heavy atom. The van der Waals surface area contributed by atoms with Gasteiger partial charge in [-0.25, -0.2) is 4.39 Å². The lowest BCUT2D eigenvalue weighted by Crippen LogP contribution is -2.01. The van der Waals surface area contributed by atoms with Gasteiger partial charge >= 0.3 is 0 Å². The minimum absolute atomic E-state index is 0.113. The third-order valence-corrected chi connectivity index (χ3v) is 3.17. The van der Waals surface area contributed by atoms with Crippen LogP contribution < -0.4 is 14.8 Å². The molecule has 0 aromatic heterocycles. The Morgan fingerprint density at radius 2 is 1.80 bits per heavy atom. The van der Waals surface area contributed by atoms with E-state index in [1.807, 2.05) is 18.2 Å². The summed E-state index contributed by atoms with van der Waals surface area (Å²) < 4.78 is 23.7. The van der Waals surface area contributed by atoms with Gasteiger partial charge in [0.05, 0.1) is 19.2 Å². The number of hydrogen-bond acceptors (Lipinski definition) is 3. The number of hydrogen-bond donors (Lipinski definition) is 1. The number of anilines is 1. The minimum atomic E-state index is -0.441. The first-order valence-corrected chi connectivity index (χ1v) is 6.41. The lowest BCUT2D eigenvalue weighted by Gasteiger charge is -2.11. The van der Waals surface area contributed by atoms with Crippen LogP contribution in [0.2, 0.25) is 5.02 Å². The van der Waals surface area contributed by atoms with Crippen molar-refractivity contribution in [2.75, 3.05) is 19.5 Å². The zero-order valence-electron chi connectivity index (χ0n) is 11.2. The minimum Gasteiger partial charge on any atom is -0.493 e. The summed E-state index contributed by atoms with van der Waals surface area (Å²) in [6.45, 7) is 0.543. The second-order valence-corrected chi connectivity index (χ2v) is 4.58. The molecule has 0 amide bonds. The van der Waals surface area contributed by atoms with Crippen molar-refractivity contribution in [2.24, 2.45) is 0 Å². The van der Waals surface area contributed by atoms with Crippen LogP contribution in [0.3, 0.4) is 0 Å². The Kier molecular flexibility index (Phi) is 4.69. The Labute approximate surface area is 122 Å². The molecule has 0 fully saturated rings. The van der Waals surface area contributed by atoms with Crippen molar-refractivity contribution in [3.8, 4) is 11.5 Å². The number of rotatable bonds is 5. The van der Waals surface area contributed by atoms with Crippen LogP contribution in [0.4, 0.5) is 10.1 Å². The summed E-state index contributed by atoms with van der Waals surface area (Å²) in [7, 11) is 3.18. The monoisotopic (exact) mass is 295 g/mol. The molecular formula is C15H15ClFNO2. The van der Waals surface area contributed by atoms with E-state index >= 15 is 0 Å². The van der Waals surface area contributed by atoms with Gasteiger partial charge in [0.1, 0.15) is 5.82 Å². The summed E-state index contributed by atoms with van der Waals surface area (Å²) in [6.07, 6.45) is 0. The normalized spacial score (nSPS) is 10.2. The maximum absolute atomic E-state index is 13.3. The van der Waals surface area contributed by atoms with E-state index < -0.39 is 5.82 Å². The van der Waals surface area contributed by atoms with Gasteiger partial charge in [-0.15, -0.1) is 0 Å². The highest BCUT2D eigenvalue weighted by molar-refractivity contribution is 6.30. The van der Waals surface area contributed by atoms with Crippen LogP contribution in [0.25, 0.3) is 0 Å². The molecule has 0 unspecified atom stereocenters. The van der Waals surface area contributed by atoms with Gasteiger partial charge in [-0.3, -0.25) is 0 Å². The highest BCUT2D eigenvalue weighted by Gasteiger charge is 2.05. The summed E-state index contributed by atoms with van der Waals surface area (Å²) in [4.78, 5) is 0. The molecule has 0 bridgehead atoms. The first-order valence-electron chi connectivity index (χ1n) is 6.04. The van der Waals surface area contributed by atoms with Crippen molar-refractivity contribution in [3.63, 3.8) is 0 Å². The molecule has 0 heterocycles. The van der Waals surface area contributed by atoms with Gasteiger partial charge in [0.25, 0.3) is 0 Å². The number of methoxy groups -OCH3 is 2. The molecule has 5 heteroatoms. The van der Waals surface area contributed by atoms with E-state index in [9.17, 15) is 4.39 Å². The molecule has 0 saturated carbocycles. The van der Waals surface area contributed by atoms with Crippen molar-refractivity contribution in [3.05, 3.63) is 52.8 Å². The number of nitrogens with one attached hydrogen (secondary N) is 1. The van der Waals surface area contributed by atoms with E-state index in [4.69, 9.17) is 21.1 Å². The predicted octanol–water partition coefficient (Wildman–Crippen LogP) is 4.11. The summed E-state index contributed by atoms with van der Waals surface area (Å²) in [6, 6.07) is 10.2. The highest BCUT2D eigenvalue weighted by Crippen LogP contribution is 2.28. The van der Waals surface area contributed by atoms with Crippen LogP contribution in [0.15, 0.2) is 36.4 Å². The average Bonchev–Trinajstić information content (AvgIpc) is 2.48. The van der Waals surface area contributed by atoms with E-state index in [0.29, 0.717) is 23.7 Å². The molecule has 0 aliphatic carbocycles.